The summed E-state index contributed by atoms with van der Waals surface area (Å²) in [7, 11) is 3.77. The van der Waals surface area contributed by atoms with Crippen LogP contribution in [0.3, 0.4) is 0 Å². The van der Waals surface area contributed by atoms with Gasteiger partial charge in [0.05, 0.1) is 18.0 Å². The highest BCUT2D eigenvalue weighted by Crippen LogP contribution is 2.28. The van der Waals surface area contributed by atoms with Crippen molar-refractivity contribution < 1.29 is 4.42 Å². The summed E-state index contributed by atoms with van der Waals surface area (Å²) < 4.78 is 6.89. The van der Waals surface area contributed by atoms with Gasteiger partial charge < -0.3 is 9.73 Å². The van der Waals surface area contributed by atoms with Gasteiger partial charge in [0.1, 0.15) is 0 Å². The van der Waals surface area contributed by atoms with Crippen molar-refractivity contribution in [3.63, 3.8) is 0 Å². The number of hydrogen-bond donors (Lipinski definition) is 1. The third-order valence-electron chi connectivity index (χ3n) is 2.40. The van der Waals surface area contributed by atoms with E-state index in [1.165, 1.54) is 0 Å². The molecule has 0 aromatic carbocycles. The molecule has 5 heteroatoms. The van der Waals surface area contributed by atoms with E-state index in [1.54, 1.807) is 12.5 Å². The Kier molecular flexibility index (Phi) is 2.79. The third kappa shape index (κ3) is 1.78. The van der Waals surface area contributed by atoms with Crippen LogP contribution in [0.15, 0.2) is 29.0 Å². The lowest BCUT2D eigenvalue weighted by atomic mass is 10.1. The summed E-state index contributed by atoms with van der Waals surface area (Å²) in [4.78, 5) is 0. The van der Waals surface area contributed by atoms with E-state index in [4.69, 9.17) is 16.0 Å². The normalized spacial score (nSPS) is 13.0. The molecule has 0 aliphatic rings. The van der Waals surface area contributed by atoms with E-state index in [1.807, 2.05) is 30.9 Å². The van der Waals surface area contributed by atoms with Gasteiger partial charge in [-0.15, -0.1) is 0 Å². The average Bonchev–Trinajstić information content (AvgIpc) is 2.80. The van der Waals surface area contributed by atoms with Gasteiger partial charge in [0.2, 0.25) is 0 Å². The zero-order chi connectivity index (χ0) is 10.8. The highest BCUT2D eigenvalue weighted by molar-refractivity contribution is 6.29. The molecular weight excluding hydrogens is 214 g/mol. The number of rotatable bonds is 3. The van der Waals surface area contributed by atoms with Crippen LogP contribution in [0.2, 0.25) is 5.22 Å². The number of nitrogens with one attached hydrogen (secondary N) is 1. The van der Waals surface area contributed by atoms with Gasteiger partial charge in [-0.05, 0) is 30.8 Å². The van der Waals surface area contributed by atoms with Gasteiger partial charge in [0.25, 0.3) is 0 Å². The van der Waals surface area contributed by atoms with E-state index in [2.05, 4.69) is 10.4 Å². The van der Waals surface area contributed by atoms with Crippen LogP contribution in [-0.4, -0.2) is 16.8 Å². The molecule has 0 radical (unpaired) electrons. The smallest absolute Gasteiger partial charge is 0.198 e. The third-order valence-corrected chi connectivity index (χ3v) is 2.71. The molecule has 0 saturated heterocycles. The van der Waals surface area contributed by atoms with Crippen LogP contribution in [0.5, 0.6) is 0 Å². The molecule has 0 aliphatic carbocycles. The molecule has 2 rings (SSSR count). The van der Waals surface area contributed by atoms with Crippen molar-refractivity contribution in [2.24, 2.45) is 7.05 Å². The molecular formula is C10H12ClN3O. The van der Waals surface area contributed by atoms with Crippen molar-refractivity contribution in [3.05, 3.63) is 41.1 Å². The Bertz CT molecular complexity index is 409. The van der Waals surface area contributed by atoms with E-state index in [9.17, 15) is 0 Å². The summed E-state index contributed by atoms with van der Waals surface area (Å²) in [5.74, 6) is 0. The molecule has 80 valence electrons. The zero-order valence-electron chi connectivity index (χ0n) is 8.57. The Morgan fingerprint density at radius 3 is 2.80 bits per heavy atom. The largest absolute Gasteiger partial charge is 0.453 e. The van der Waals surface area contributed by atoms with Crippen LogP contribution in [0.4, 0.5) is 0 Å². The second-order valence-electron chi connectivity index (χ2n) is 3.25. The van der Waals surface area contributed by atoms with Crippen molar-refractivity contribution in [1.29, 1.82) is 0 Å². The number of aromatic nitrogens is 2. The Balaban J connectivity index is 2.41. The number of aryl methyl sites for hydroxylation is 1. The van der Waals surface area contributed by atoms with Crippen LogP contribution >= 0.6 is 11.6 Å². The van der Waals surface area contributed by atoms with Crippen molar-refractivity contribution in [3.8, 4) is 0 Å². The molecule has 1 N–H and O–H groups in total. The number of nitrogens with zero attached hydrogens (tertiary/aromatic N) is 2. The second-order valence-corrected chi connectivity index (χ2v) is 3.59. The van der Waals surface area contributed by atoms with E-state index in [0.29, 0.717) is 5.22 Å². The summed E-state index contributed by atoms with van der Waals surface area (Å²) in [6.07, 6.45) is 3.34. The second kappa shape index (κ2) is 4.08. The van der Waals surface area contributed by atoms with Crippen LogP contribution in [0.25, 0.3) is 0 Å². The standard InChI is InChI=1S/C10H12ClN3O/c1-12-9(7-4-6-15-10(7)11)8-3-5-13-14(8)2/h3-6,9,12H,1-2H3. The van der Waals surface area contributed by atoms with Gasteiger partial charge in [-0.25, -0.2) is 0 Å². The molecule has 0 fully saturated rings. The lowest BCUT2D eigenvalue weighted by molar-refractivity contribution is 0.552. The van der Waals surface area contributed by atoms with Crippen molar-refractivity contribution in [1.82, 2.24) is 15.1 Å². The molecule has 2 aromatic rings. The number of halogens is 1. The summed E-state index contributed by atoms with van der Waals surface area (Å²) in [5.41, 5.74) is 1.96. The molecule has 4 nitrogen and oxygen atoms in total. The Morgan fingerprint density at radius 1 is 1.53 bits per heavy atom. The monoisotopic (exact) mass is 225 g/mol. The van der Waals surface area contributed by atoms with Gasteiger partial charge in [-0.2, -0.15) is 5.10 Å². The first-order valence-corrected chi connectivity index (χ1v) is 5.00. The molecule has 0 amide bonds. The first kappa shape index (κ1) is 10.3. The van der Waals surface area contributed by atoms with Crippen molar-refractivity contribution in [2.45, 2.75) is 6.04 Å². The van der Waals surface area contributed by atoms with E-state index < -0.39 is 0 Å². The summed E-state index contributed by atoms with van der Waals surface area (Å²) in [6, 6.07) is 3.81. The maximum Gasteiger partial charge on any atom is 0.198 e. The molecule has 2 aromatic heterocycles. The summed E-state index contributed by atoms with van der Waals surface area (Å²) in [5, 5.41) is 7.72. The summed E-state index contributed by atoms with van der Waals surface area (Å²) >= 11 is 5.95. The first-order chi connectivity index (χ1) is 7.24. The first-order valence-electron chi connectivity index (χ1n) is 4.62. The zero-order valence-corrected chi connectivity index (χ0v) is 9.32. The van der Waals surface area contributed by atoms with Crippen LogP contribution < -0.4 is 5.32 Å². The maximum absolute atomic E-state index is 5.95. The fourth-order valence-electron chi connectivity index (χ4n) is 1.64. The Morgan fingerprint density at radius 2 is 2.33 bits per heavy atom. The highest BCUT2D eigenvalue weighted by atomic mass is 35.5. The van der Waals surface area contributed by atoms with Crippen LogP contribution in [0.1, 0.15) is 17.3 Å². The van der Waals surface area contributed by atoms with Gasteiger partial charge in [-0.3, -0.25) is 4.68 Å². The molecule has 0 spiro atoms. The fourth-order valence-corrected chi connectivity index (χ4v) is 1.86. The molecule has 0 aliphatic heterocycles. The van der Waals surface area contributed by atoms with Crippen LogP contribution in [-0.2, 0) is 7.05 Å². The number of furan rings is 1. The molecule has 15 heavy (non-hydrogen) atoms. The lowest BCUT2D eigenvalue weighted by Crippen LogP contribution is -2.20. The van der Waals surface area contributed by atoms with E-state index in [-0.39, 0.29) is 6.04 Å². The minimum Gasteiger partial charge on any atom is -0.453 e. The predicted octanol–water partition coefficient (Wildman–Crippen LogP) is 1.98. The average molecular weight is 226 g/mol. The van der Waals surface area contributed by atoms with E-state index in [0.717, 1.165) is 11.3 Å². The number of hydrogen-bond acceptors (Lipinski definition) is 3. The minimum absolute atomic E-state index is 0.00347. The van der Waals surface area contributed by atoms with Crippen LogP contribution in [0, 0.1) is 0 Å². The predicted molar refractivity (Wildman–Crippen MR) is 57.8 cm³/mol. The van der Waals surface area contributed by atoms with E-state index >= 15 is 0 Å². The van der Waals surface area contributed by atoms with Gasteiger partial charge in [-0.1, -0.05) is 0 Å². The molecule has 0 bridgehead atoms. The van der Waals surface area contributed by atoms with Gasteiger partial charge in [0.15, 0.2) is 5.22 Å². The molecule has 1 atom stereocenters. The highest BCUT2D eigenvalue weighted by Gasteiger charge is 2.19. The fraction of sp³-hybridized carbons (Fsp3) is 0.300. The van der Waals surface area contributed by atoms with Crippen molar-refractivity contribution >= 4 is 11.6 Å². The topological polar surface area (TPSA) is 43.0 Å². The Hall–Kier alpha value is -1.26. The lowest BCUT2D eigenvalue weighted by Gasteiger charge is -2.15. The Labute approximate surface area is 92.8 Å². The quantitative estimate of drug-likeness (QED) is 0.869. The summed E-state index contributed by atoms with van der Waals surface area (Å²) in [6.45, 7) is 0. The molecule has 1 unspecified atom stereocenters. The molecule has 2 heterocycles. The maximum atomic E-state index is 5.95. The van der Waals surface area contributed by atoms with Crippen molar-refractivity contribution in [2.75, 3.05) is 7.05 Å². The van der Waals surface area contributed by atoms with Gasteiger partial charge in [0, 0.05) is 18.8 Å². The SMILES string of the molecule is CNC(c1ccoc1Cl)c1ccnn1C. The minimum atomic E-state index is 0.00347. The van der Waals surface area contributed by atoms with Gasteiger partial charge >= 0.3 is 0 Å². The molecule has 0 saturated carbocycles.